The molecule has 1 aliphatic heterocycles. The molecule has 0 radical (unpaired) electrons. The van der Waals surface area contributed by atoms with Gasteiger partial charge in [0.25, 0.3) is 0 Å². The van der Waals surface area contributed by atoms with Crippen molar-refractivity contribution in [3.05, 3.63) is 71.3 Å². The van der Waals surface area contributed by atoms with Gasteiger partial charge >= 0.3 is 5.97 Å². The van der Waals surface area contributed by atoms with Gasteiger partial charge in [0.05, 0.1) is 6.61 Å². The summed E-state index contributed by atoms with van der Waals surface area (Å²) in [5, 5.41) is 15.0. The summed E-state index contributed by atoms with van der Waals surface area (Å²) in [7, 11) is 0. The van der Waals surface area contributed by atoms with Crippen molar-refractivity contribution in [2.75, 3.05) is 19.7 Å². The van der Waals surface area contributed by atoms with Crippen molar-refractivity contribution in [2.24, 2.45) is 17.8 Å². The van der Waals surface area contributed by atoms with E-state index in [-0.39, 0.29) is 0 Å². The van der Waals surface area contributed by atoms with E-state index < -0.39 is 11.6 Å². The molecule has 142 valence electrons. The Morgan fingerprint density at radius 1 is 1.04 bits per heavy atom. The normalized spacial score (nSPS) is 26.4. The average Bonchev–Trinajstić information content (AvgIpc) is 2.92. The summed E-state index contributed by atoms with van der Waals surface area (Å²) in [6, 6.07) is 16.5. The molecule has 27 heavy (non-hydrogen) atoms. The van der Waals surface area contributed by atoms with Crippen molar-refractivity contribution in [3.63, 3.8) is 0 Å². The summed E-state index contributed by atoms with van der Waals surface area (Å²) in [5.41, 5.74) is 0.361. The van der Waals surface area contributed by atoms with Crippen LogP contribution < -0.4 is 5.32 Å². The van der Waals surface area contributed by atoms with Gasteiger partial charge in [0.1, 0.15) is 0 Å². The number of ether oxygens (including phenoxy) is 1. The van der Waals surface area contributed by atoms with E-state index in [0.717, 1.165) is 18.7 Å². The van der Waals surface area contributed by atoms with Gasteiger partial charge in [0, 0.05) is 5.92 Å². The minimum absolute atomic E-state index is 0.386. The van der Waals surface area contributed by atoms with Crippen LogP contribution in [0, 0.1) is 24.7 Å². The monoisotopic (exact) mass is 365 g/mol. The zero-order valence-corrected chi connectivity index (χ0v) is 15.7. The number of benzene rings is 2. The van der Waals surface area contributed by atoms with Gasteiger partial charge in [-0.15, -0.1) is 0 Å². The first-order chi connectivity index (χ1) is 13.1. The minimum atomic E-state index is -1.79. The maximum Gasteiger partial charge on any atom is 0.347 e. The number of rotatable bonds is 5. The highest BCUT2D eigenvalue weighted by Crippen LogP contribution is 2.40. The molecule has 3 atom stereocenters. The van der Waals surface area contributed by atoms with Gasteiger partial charge in [0.15, 0.2) is 0 Å². The number of fused-ring (bicyclic) bond motifs is 2. The number of nitrogens with one attached hydrogen (secondary N) is 1. The third kappa shape index (κ3) is 3.40. The summed E-state index contributed by atoms with van der Waals surface area (Å²) >= 11 is 0. The highest BCUT2D eigenvalue weighted by Gasteiger charge is 2.44. The van der Waals surface area contributed by atoms with Crippen molar-refractivity contribution in [1.29, 1.82) is 0 Å². The van der Waals surface area contributed by atoms with Crippen molar-refractivity contribution in [2.45, 2.75) is 25.4 Å². The van der Waals surface area contributed by atoms with Crippen LogP contribution in [0.1, 0.15) is 29.5 Å². The Balaban J connectivity index is 1.58. The Morgan fingerprint density at radius 3 is 2.26 bits per heavy atom. The van der Waals surface area contributed by atoms with Crippen LogP contribution in [-0.4, -0.2) is 30.8 Å². The van der Waals surface area contributed by atoms with Crippen LogP contribution in [-0.2, 0) is 15.1 Å². The molecule has 2 fully saturated rings. The Bertz CT molecular complexity index is 773. The van der Waals surface area contributed by atoms with Crippen LogP contribution in [0.4, 0.5) is 0 Å². The molecule has 4 nitrogen and oxygen atoms in total. The third-order valence-corrected chi connectivity index (χ3v) is 6.30. The molecule has 4 heteroatoms. The number of aliphatic hydroxyl groups is 1. The molecule has 2 aromatic rings. The van der Waals surface area contributed by atoms with E-state index in [2.05, 4.69) is 5.32 Å². The largest absolute Gasteiger partial charge is 0.463 e. The van der Waals surface area contributed by atoms with Gasteiger partial charge in [-0.3, -0.25) is 0 Å². The van der Waals surface area contributed by atoms with E-state index >= 15 is 0 Å². The van der Waals surface area contributed by atoms with Crippen LogP contribution >= 0.6 is 0 Å². The lowest BCUT2D eigenvalue weighted by Crippen LogP contribution is -2.43. The van der Waals surface area contributed by atoms with Crippen LogP contribution in [0.5, 0.6) is 0 Å². The third-order valence-electron chi connectivity index (χ3n) is 6.30. The summed E-state index contributed by atoms with van der Waals surface area (Å²) in [6.45, 7) is 4.37. The number of esters is 1. The summed E-state index contributed by atoms with van der Waals surface area (Å²) in [6.07, 6.45) is 2.39. The predicted octanol–water partition coefficient (Wildman–Crippen LogP) is 3.02. The van der Waals surface area contributed by atoms with E-state index in [1.54, 1.807) is 24.3 Å². The number of carbonyl (C=O) groups is 1. The lowest BCUT2D eigenvalue weighted by atomic mass is 9.85. The van der Waals surface area contributed by atoms with Crippen LogP contribution in [0.2, 0.25) is 0 Å². The molecule has 1 heterocycles. The van der Waals surface area contributed by atoms with Gasteiger partial charge in [-0.05, 0) is 55.8 Å². The second-order valence-corrected chi connectivity index (χ2v) is 7.96. The number of aryl methyl sites for hydroxylation is 1. The number of hydrogen-bond acceptors (Lipinski definition) is 4. The van der Waals surface area contributed by atoms with Crippen LogP contribution in [0.3, 0.4) is 0 Å². The molecule has 2 aliphatic rings. The predicted molar refractivity (Wildman–Crippen MR) is 104 cm³/mol. The fraction of sp³-hybridized carbons (Fsp3) is 0.435. The zero-order chi connectivity index (χ0) is 18.9. The summed E-state index contributed by atoms with van der Waals surface area (Å²) in [4.78, 5) is 13.1. The molecule has 3 unspecified atom stereocenters. The maximum absolute atomic E-state index is 13.1. The summed E-state index contributed by atoms with van der Waals surface area (Å²) < 4.78 is 5.75. The second-order valence-electron chi connectivity index (χ2n) is 7.96. The highest BCUT2D eigenvalue weighted by atomic mass is 16.5. The van der Waals surface area contributed by atoms with E-state index in [1.165, 1.54) is 12.8 Å². The molecule has 0 amide bonds. The number of piperidine rings is 1. The maximum atomic E-state index is 13.1. The van der Waals surface area contributed by atoms with Crippen molar-refractivity contribution < 1.29 is 14.6 Å². The number of hydrogen-bond donors (Lipinski definition) is 2. The van der Waals surface area contributed by atoms with Crippen LogP contribution in [0.15, 0.2) is 54.6 Å². The molecule has 4 rings (SSSR count). The van der Waals surface area contributed by atoms with E-state index in [1.807, 2.05) is 37.3 Å². The molecule has 2 N–H and O–H groups in total. The first kappa shape index (κ1) is 18.2. The molecular formula is C23H27NO3. The molecule has 2 aromatic carbocycles. The minimum Gasteiger partial charge on any atom is -0.463 e. The fourth-order valence-corrected chi connectivity index (χ4v) is 4.63. The van der Waals surface area contributed by atoms with Crippen molar-refractivity contribution in [3.8, 4) is 0 Å². The lowest BCUT2D eigenvalue weighted by Gasteiger charge is -2.32. The first-order valence-corrected chi connectivity index (χ1v) is 9.82. The van der Waals surface area contributed by atoms with Gasteiger partial charge in [-0.1, -0.05) is 60.2 Å². The molecule has 1 saturated heterocycles. The molecule has 0 spiro atoms. The molecular weight excluding hydrogens is 338 g/mol. The lowest BCUT2D eigenvalue weighted by molar-refractivity contribution is -0.164. The standard InChI is InChI=1S/C23H27NO3/c1-16-7-11-20(12-8-16)23(26,19-5-3-2-4-6-19)22(25)27-15-21-17-9-10-18(21)14-24-13-17/h2-8,11-12,17-18,21,24,26H,9-10,13-15H2,1H3. The fourth-order valence-electron chi connectivity index (χ4n) is 4.63. The average molecular weight is 365 g/mol. The second kappa shape index (κ2) is 7.45. The Hall–Kier alpha value is -2.17. The number of carbonyl (C=O) groups excluding carboxylic acids is 1. The van der Waals surface area contributed by atoms with Gasteiger partial charge in [-0.25, -0.2) is 4.79 Å². The van der Waals surface area contributed by atoms with Gasteiger partial charge in [0.2, 0.25) is 5.60 Å². The Labute approximate surface area is 160 Å². The van der Waals surface area contributed by atoms with E-state index in [0.29, 0.717) is 35.5 Å². The smallest absolute Gasteiger partial charge is 0.347 e. The first-order valence-electron chi connectivity index (χ1n) is 9.82. The molecule has 1 aliphatic carbocycles. The SMILES string of the molecule is Cc1ccc(C(O)(C(=O)OCC2C3CCC2CNC3)c2ccccc2)cc1. The Kier molecular flexibility index (Phi) is 5.02. The zero-order valence-electron chi connectivity index (χ0n) is 15.7. The van der Waals surface area contributed by atoms with Crippen LogP contribution in [0.25, 0.3) is 0 Å². The highest BCUT2D eigenvalue weighted by molar-refractivity contribution is 5.85. The molecule has 0 aromatic heterocycles. The van der Waals surface area contributed by atoms with E-state index in [4.69, 9.17) is 4.74 Å². The van der Waals surface area contributed by atoms with Gasteiger partial charge < -0.3 is 15.2 Å². The quantitative estimate of drug-likeness (QED) is 0.800. The summed E-state index contributed by atoms with van der Waals surface area (Å²) in [5.74, 6) is 0.949. The van der Waals surface area contributed by atoms with Gasteiger partial charge in [-0.2, -0.15) is 0 Å². The Morgan fingerprint density at radius 2 is 1.63 bits per heavy atom. The molecule has 2 bridgehead atoms. The van der Waals surface area contributed by atoms with Crippen molar-refractivity contribution >= 4 is 5.97 Å². The molecule has 1 saturated carbocycles. The van der Waals surface area contributed by atoms with E-state index in [9.17, 15) is 9.90 Å². The topological polar surface area (TPSA) is 58.6 Å². The van der Waals surface area contributed by atoms with Crippen molar-refractivity contribution in [1.82, 2.24) is 5.32 Å².